The lowest BCUT2D eigenvalue weighted by Crippen LogP contribution is -2.36. The van der Waals surface area contributed by atoms with E-state index in [9.17, 15) is 14.4 Å². The van der Waals surface area contributed by atoms with Crippen LogP contribution >= 0.6 is 27.7 Å². The number of rotatable bonds is 8. The van der Waals surface area contributed by atoms with Gasteiger partial charge in [0.1, 0.15) is 13.2 Å². The van der Waals surface area contributed by atoms with Gasteiger partial charge in [0.05, 0.1) is 28.1 Å². The Morgan fingerprint density at radius 1 is 1.14 bits per heavy atom. The molecule has 1 heterocycles. The molecule has 0 saturated carbocycles. The topological polar surface area (TPSA) is 109 Å². The summed E-state index contributed by atoms with van der Waals surface area (Å²) in [7, 11) is 1.50. The maximum absolute atomic E-state index is 12.9. The Morgan fingerprint density at radius 2 is 1.86 bits per heavy atom. The number of hydrogen-bond donors (Lipinski definition) is 1. The number of amides is 3. The van der Waals surface area contributed by atoms with Crippen LogP contribution in [0, 0.1) is 11.3 Å². The summed E-state index contributed by atoms with van der Waals surface area (Å²) in [6, 6.07) is 21.4. The number of carbonyl (C=O) groups is 3. The first-order valence-corrected chi connectivity index (χ1v) is 12.6. The fourth-order valence-electron chi connectivity index (χ4n) is 3.45. The van der Waals surface area contributed by atoms with E-state index in [2.05, 4.69) is 27.3 Å². The number of hydrogen-bond acceptors (Lipinski definition) is 7. The number of halogens is 1. The molecular weight excluding hydrogens is 558 g/mol. The molecule has 1 aliphatic heterocycles. The van der Waals surface area contributed by atoms with Gasteiger partial charge in [0.15, 0.2) is 11.5 Å². The van der Waals surface area contributed by atoms with Gasteiger partial charge in [0.2, 0.25) is 5.91 Å². The molecule has 3 amide bonds. The molecule has 0 bridgehead atoms. The predicted molar refractivity (Wildman–Crippen MR) is 144 cm³/mol. The maximum atomic E-state index is 12.9. The van der Waals surface area contributed by atoms with Gasteiger partial charge >= 0.3 is 0 Å². The van der Waals surface area contributed by atoms with E-state index < -0.39 is 17.1 Å². The molecule has 1 N–H and O–H groups in total. The monoisotopic (exact) mass is 577 g/mol. The summed E-state index contributed by atoms with van der Waals surface area (Å²) < 4.78 is 12.0. The number of carbonyl (C=O) groups excluding carboxylic acids is 3. The normalized spacial score (nSPS) is 14.0. The number of ether oxygens (including phenoxy) is 2. The molecule has 0 atom stereocenters. The second kappa shape index (κ2) is 11.8. The fraction of sp³-hybridized carbons (Fsp3) is 0.111. The van der Waals surface area contributed by atoms with Crippen LogP contribution in [0.25, 0.3) is 6.08 Å². The van der Waals surface area contributed by atoms with Gasteiger partial charge in [-0.25, -0.2) is 0 Å². The number of nitrogens with one attached hydrogen (secondary N) is 1. The van der Waals surface area contributed by atoms with Crippen LogP contribution in [0.2, 0.25) is 0 Å². The van der Waals surface area contributed by atoms with Crippen molar-refractivity contribution in [3.8, 4) is 17.6 Å². The van der Waals surface area contributed by atoms with Crippen LogP contribution in [0.15, 0.2) is 76.1 Å². The van der Waals surface area contributed by atoms with Crippen molar-refractivity contribution in [2.45, 2.75) is 6.61 Å². The first-order chi connectivity index (χ1) is 17.9. The number of imide groups is 1. The molecule has 8 nitrogen and oxygen atoms in total. The smallest absolute Gasteiger partial charge is 0.294 e. The molecule has 0 unspecified atom stereocenters. The number of nitriles is 1. The molecule has 3 aromatic rings. The fourth-order valence-corrected chi connectivity index (χ4v) is 4.86. The Balaban J connectivity index is 1.46. The summed E-state index contributed by atoms with van der Waals surface area (Å²) in [5.74, 6) is -0.122. The zero-order valence-corrected chi connectivity index (χ0v) is 22.0. The van der Waals surface area contributed by atoms with Crippen LogP contribution in [0.4, 0.5) is 10.5 Å². The van der Waals surface area contributed by atoms with Gasteiger partial charge < -0.3 is 14.8 Å². The molecule has 186 valence electrons. The third kappa shape index (κ3) is 6.39. The quantitative estimate of drug-likeness (QED) is 0.348. The van der Waals surface area contributed by atoms with Gasteiger partial charge in [-0.1, -0.05) is 30.3 Å². The molecule has 0 aromatic heterocycles. The maximum Gasteiger partial charge on any atom is 0.294 e. The van der Waals surface area contributed by atoms with Crippen molar-refractivity contribution < 1.29 is 23.9 Å². The number of thioether (sulfide) groups is 1. The van der Waals surface area contributed by atoms with Gasteiger partial charge in [0.25, 0.3) is 11.1 Å². The van der Waals surface area contributed by atoms with Crippen LogP contribution < -0.4 is 14.8 Å². The Bertz CT molecular complexity index is 1420. The van der Waals surface area contributed by atoms with E-state index in [-0.39, 0.29) is 18.1 Å². The van der Waals surface area contributed by atoms with Crippen molar-refractivity contribution in [2.24, 2.45) is 0 Å². The Morgan fingerprint density at radius 3 is 2.54 bits per heavy atom. The average Bonchev–Trinajstić information content (AvgIpc) is 3.15. The molecule has 0 aliphatic carbocycles. The van der Waals surface area contributed by atoms with E-state index in [4.69, 9.17) is 14.7 Å². The molecular formula is C27H20BrN3O5S. The van der Waals surface area contributed by atoms with Crippen LogP contribution in [-0.4, -0.2) is 35.6 Å². The first-order valence-electron chi connectivity index (χ1n) is 11.0. The average molecular weight is 578 g/mol. The molecule has 37 heavy (non-hydrogen) atoms. The van der Waals surface area contributed by atoms with E-state index in [0.717, 1.165) is 22.2 Å². The molecule has 3 aromatic carbocycles. The molecule has 1 fully saturated rings. The van der Waals surface area contributed by atoms with Gasteiger partial charge in [-0.2, -0.15) is 5.26 Å². The van der Waals surface area contributed by atoms with Crippen LogP contribution in [-0.2, 0) is 16.2 Å². The van der Waals surface area contributed by atoms with Crippen molar-refractivity contribution in [1.29, 1.82) is 5.26 Å². The summed E-state index contributed by atoms with van der Waals surface area (Å²) >= 11 is 4.26. The highest BCUT2D eigenvalue weighted by Crippen LogP contribution is 2.39. The first kappa shape index (κ1) is 26.0. The zero-order valence-electron chi connectivity index (χ0n) is 19.6. The highest BCUT2D eigenvalue weighted by atomic mass is 79.9. The summed E-state index contributed by atoms with van der Waals surface area (Å²) in [5, 5.41) is 11.1. The van der Waals surface area contributed by atoms with Crippen LogP contribution in [0.1, 0.15) is 16.7 Å². The minimum atomic E-state index is -0.547. The third-order valence-corrected chi connectivity index (χ3v) is 6.75. The number of nitrogens with zero attached hydrogens (tertiary/aromatic N) is 2. The largest absolute Gasteiger partial charge is 0.493 e. The molecule has 1 aliphatic rings. The van der Waals surface area contributed by atoms with E-state index in [1.54, 1.807) is 54.6 Å². The summed E-state index contributed by atoms with van der Waals surface area (Å²) in [5.41, 5.74) is 2.62. The number of methoxy groups -OCH3 is 1. The Kier molecular flexibility index (Phi) is 8.28. The Hall–Kier alpha value is -4.07. The number of anilines is 1. The second-order valence-electron chi connectivity index (χ2n) is 7.81. The summed E-state index contributed by atoms with van der Waals surface area (Å²) in [4.78, 5) is 38.8. The summed E-state index contributed by atoms with van der Waals surface area (Å²) in [6.45, 7) is -0.129. The van der Waals surface area contributed by atoms with E-state index in [1.807, 2.05) is 18.2 Å². The number of benzene rings is 3. The minimum Gasteiger partial charge on any atom is -0.493 e. The molecule has 10 heteroatoms. The van der Waals surface area contributed by atoms with Crippen LogP contribution in [0.5, 0.6) is 11.5 Å². The van der Waals surface area contributed by atoms with E-state index >= 15 is 0 Å². The third-order valence-electron chi connectivity index (χ3n) is 5.25. The van der Waals surface area contributed by atoms with Crippen molar-refractivity contribution in [3.63, 3.8) is 0 Å². The molecule has 0 spiro atoms. The lowest BCUT2D eigenvalue weighted by molar-refractivity contribution is -0.127. The van der Waals surface area contributed by atoms with Crippen molar-refractivity contribution >= 4 is 56.5 Å². The minimum absolute atomic E-state index is 0.192. The standard InChI is InChI=1S/C27H20BrN3O5S/c1-35-22-12-19(11-21(28)25(22)36-16-18-9-7-17(14-29)8-10-18)13-23-26(33)31(27(34)37-23)15-24(32)30-20-5-3-2-4-6-20/h2-13H,15-16H2,1H3,(H,30,32)/b23-13-. The Labute approximate surface area is 226 Å². The van der Waals surface area contributed by atoms with Gasteiger partial charge in [-0.3, -0.25) is 19.3 Å². The SMILES string of the molecule is COc1cc(/C=C2\SC(=O)N(CC(=O)Nc3ccccc3)C2=O)cc(Br)c1OCc1ccc(C#N)cc1. The van der Waals surface area contributed by atoms with Crippen LogP contribution in [0.3, 0.4) is 0 Å². The van der Waals surface area contributed by atoms with Crippen molar-refractivity contribution in [3.05, 3.63) is 92.8 Å². The molecule has 1 saturated heterocycles. The van der Waals surface area contributed by atoms with Gasteiger partial charge in [0, 0.05) is 5.69 Å². The predicted octanol–water partition coefficient (Wildman–Crippen LogP) is 5.58. The molecule has 0 radical (unpaired) electrons. The van der Waals surface area contributed by atoms with Gasteiger partial charge in [-0.15, -0.1) is 0 Å². The zero-order chi connectivity index (χ0) is 26.4. The highest BCUT2D eigenvalue weighted by Gasteiger charge is 2.36. The highest BCUT2D eigenvalue weighted by molar-refractivity contribution is 9.10. The molecule has 4 rings (SSSR count). The summed E-state index contributed by atoms with van der Waals surface area (Å²) in [6.07, 6.45) is 1.57. The lowest BCUT2D eigenvalue weighted by Gasteiger charge is -2.14. The number of para-hydroxylation sites is 1. The van der Waals surface area contributed by atoms with E-state index in [0.29, 0.717) is 32.8 Å². The van der Waals surface area contributed by atoms with Gasteiger partial charge in [-0.05, 0) is 81.3 Å². The lowest BCUT2D eigenvalue weighted by atomic mass is 10.1. The van der Waals surface area contributed by atoms with E-state index in [1.165, 1.54) is 7.11 Å². The second-order valence-corrected chi connectivity index (χ2v) is 9.66. The van der Waals surface area contributed by atoms with Crippen molar-refractivity contribution in [1.82, 2.24) is 4.90 Å². The van der Waals surface area contributed by atoms with Crippen molar-refractivity contribution in [2.75, 3.05) is 19.0 Å².